The molecular formula is C16H23NO2. The molecule has 1 aromatic carbocycles. The van der Waals surface area contributed by atoms with Crippen molar-refractivity contribution in [3.63, 3.8) is 0 Å². The normalized spacial score (nSPS) is 18.5. The van der Waals surface area contributed by atoms with Crippen molar-refractivity contribution in [1.29, 1.82) is 0 Å². The van der Waals surface area contributed by atoms with Crippen LogP contribution in [0.25, 0.3) is 0 Å². The Balaban J connectivity index is 1.60. The lowest BCUT2D eigenvalue weighted by molar-refractivity contribution is -0.121. The van der Waals surface area contributed by atoms with Crippen molar-refractivity contribution in [3.8, 4) is 0 Å². The highest BCUT2D eigenvalue weighted by molar-refractivity contribution is 5.76. The van der Waals surface area contributed by atoms with E-state index in [1.54, 1.807) is 0 Å². The Morgan fingerprint density at radius 3 is 2.84 bits per heavy atom. The molecule has 1 atom stereocenters. The maximum Gasteiger partial charge on any atom is 0.220 e. The van der Waals surface area contributed by atoms with E-state index in [2.05, 4.69) is 36.5 Å². The highest BCUT2D eigenvalue weighted by atomic mass is 16.5. The van der Waals surface area contributed by atoms with Gasteiger partial charge in [-0.15, -0.1) is 0 Å². The van der Waals surface area contributed by atoms with E-state index in [1.807, 2.05) is 0 Å². The molecular weight excluding hydrogens is 238 g/mol. The van der Waals surface area contributed by atoms with Crippen LogP contribution in [0, 0.1) is 6.92 Å². The van der Waals surface area contributed by atoms with Gasteiger partial charge in [0.1, 0.15) is 0 Å². The molecule has 1 aliphatic heterocycles. The standard InChI is InChI=1S/C16H23NO2/c1-13-4-6-14(7-5-13)8-9-16(18)17-11-10-15-3-2-12-19-15/h4-7,15H,2-3,8-12H2,1H3,(H,17,18). The lowest BCUT2D eigenvalue weighted by Crippen LogP contribution is -2.27. The van der Waals surface area contributed by atoms with Crippen molar-refractivity contribution < 1.29 is 9.53 Å². The molecule has 1 aromatic rings. The van der Waals surface area contributed by atoms with Gasteiger partial charge >= 0.3 is 0 Å². The summed E-state index contributed by atoms with van der Waals surface area (Å²) < 4.78 is 5.52. The number of aryl methyl sites for hydroxylation is 2. The first-order valence-electron chi connectivity index (χ1n) is 7.18. The van der Waals surface area contributed by atoms with Crippen LogP contribution < -0.4 is 5.32 Å². The molecule has 2 rings (SSSR count). The minimum absolute atomic E-state index is 0.138. The van der Waals surface area contributed by atoms with Gasteiger partial charge in [-0.3, -0.25) is 4.79 Å². The second-order valence-electron chi connectivity index (χ2n) is 5.26. The summed E-state index contributed by atoms with van der Waals surface area (Å²) >= 11 is 0. The number of benzene rings is 1. The zero-order valence-corrected chi connectivity index (χ0v) is 11.7. The third-order valence-corrected chi connectivity index (χ3v) is 3.57. The van der Waals surface area contributed by atoms with Crippen LogP contribution in [-0.4, -0.2) is 25.2 Å². The number of ether oxygens (including phenoxy) is 1. The van der Waals surface area contributed by atoms with Crippen LogP contribution >= 0.6 is 0 Å². The van der Waals surface area contributed by atoms with Crippen molar-refractivity contribution in [3.05, 3.63) is 35.4 Å². The van der Waals surface area contributed by atoms with Gasteiger partial charge in [-0.1, -0.05) is 29.8 Å². The average molecular weight is 261 g/mol. The van der Waals surface area contributed by atoms with Crippen molar-refractivity contribution >= 4 is 5.91 Å². The molecule has 19 heavy (non-hydrogen) atoms. The average Bonchev–Trinajstić information content (AvgIpc) is 2.91. The highest BCUT2D eigenvalue weighted by Gasteiger charge is 2.14. The highest BCUT2D eigenvalue weighted by Crippen LogP contribution is 2.14. The molecule has 104 valence electrons. The van der Waals surface area contributed by atoms with Gasteiger partial charge in [-0.2, -0.15) is 0 Å². The van der Waals surface area contributed by atoms with Gasteiger partial charge in [0.15, 0.2) is 0 Å². The zero-order chi connectivity index (χ0) is 13.5. The number of hydrogen-bond donors (Lipinski definition) is 1. The summed E-state index contributed by atoms with van der Waals surface area (Å²) in [5, 5.41) is 2.97. The summed E-state index contributed by atoms with van der Waals surface area (Å²) in [5.74, 6) is 0.138. The maximum absolute atomic E-state index is 11.7. The van der Waals surface area contributed by atoms with E-state index in [1.165, 1.54) is 11.1 Å². The third-order valence-electron chi connectivity index (χ3n) is 3.57. The summed E-state index contributed by atoms with van der Waals surface area (Å²) in [4.78, 5) is 11.7. The second kappa shape index (κ2) is 7.29. The van der Waals surface area contributed by atoms with E-state index in [0.717, 1.165) is 38.8 Å². The Hall–Kier alpha value is -1.35. The molecule has 0 radical (unpaired) electrons. The summed E-state index contributed by atoms with van der Waals surface area (Å²) in [6.07, 6.45) is 4.97. The first-order valence-corrected chi connectivity index (χ1v) is 7.18. The predicted octanol–water partition coefficient (Wildman–Crippen LogP) is 2.61. The monoisotopic (exact) mass is 261 g/mol. The third kappa shape index (κ3) is 5.03. The minimum atomic E-state index is 0.138. The van der Waals surface area contributed by atoms with E-state index >= 15 is 0 Å². The Kier molecular flexibility index (Phi) is 5.40. The van der Waals surface area contributed by atoms with E-state index < -0.39 is 0 Å². The molecule has 3 heteroatoms. The number of carbonyl (C=O) groups excluding carboxylic acids is 1. The number of amides is 1. The predicted molar refractivity (Wildman–Crippen MR) is 76.1 cm³/mol. The molecule has 0 saturated carbocycles. The molecule has 0 aromatic heterocycles. The van der Waals surface area contributed by atoms with Gasteiger partial charge in [-0.05, 0) is 38.2 Å². The van der Waals surface area contributed by atoms with Crippen LogP contribution in [0.2, 0.25) is 0 Å². The number of rotatable bonds is 6. The van der Waals surface area contributed by atoms with E-state index in [9.17, 15) is 4.79 Å². The first kappa shape index (κ1) is 14.1. The van der Waals surface area contributed by atoms with Gasteiger partial charge < -0.3 is 10.1 Å². The number of hydrogen-bond acceptors (Lipinski definition) is 2. The van der Waals surface area contributed by atoms with Crippen molar-refractivity contribution in [2.75, 3.05) is 13.2 Å². The van der Waals surface area contributed by atoms with Crippen molar-refractivity contribution in [2.45, 2.75) is 45.1 Å². The largest absolute Gasteiger partial charge is 0.378 e. The summed E-state index contributed by atoms with van der Waals surface area (Å²) in [6, 6.07) is 8.36. The van der Waals surface area contributed by atoms with Gasteiger partial charge in [0.2, 0.25) is 5.91 Å². The first-order chi connectivity index (χ1) is 9.24. The topological polar surface area (TPSA) is 38.3 Å². The Morgan fingerprint density at radius 1 is 1.37 bits per heavy atom. The molecule has 0 spiro atoms. The molecule has 1 fully saturated rings. The van der Waals surface area contributed by atoms with Crippen LogP contribution in [0.3, 0.4) is 0 Å². The van der Waals surface area contributed by atoms with Gasteiger partial charge in [0, 0.05) is 19.6 Å². The van der Waals surface area contributed by atoms with Crippen molar-refractivity contribution in [1.82, 2.24) is 5.32 Å². The fourth-order valence-corrected chi connectivity index (χ4v) is 2.35. The molecule has 1 aliphatic rings. The molecule has 3 nitrogen and oxygen atoms in total. The molecule has 1 N–H and O–H groups in total. The van der Waals surface area contributed by atoms with Crippen LogP contribution in [0.1, 0.15) is 36.8 Å². The smallest absolute Gasteiger partial charge is 0.220 e. The van der Waals surface area contributed by atoms with Gasteiger partial charge in [0.05, 0.1) is 6.10 Å². The van der Waals surface area contributed by atoms with Crippen LogP contribution in [0.15, 0.2) is 24.3 Å². The molecule has 1 amide bonds. The van der Waals surface area contributed by atoms with E-state index in [0.29, 0.717) is 12.5 Å². The lowest BCUT2D eigenvalue weighted by Gasteiger charge is -2.10. The Morgan fingerprint density at radius 2 is 2.16 bits per heavy atom. The minimum Gasteiger partial charge on any atom is -0.378 e. The molecule has 0 aliphatic carbocycles. The van der Waals surface area contributed by atoms with E-state index in [-0.39, 0.29) is 5.91 Å². The summed E-state index contributed by atoms with van der Waals surface area (Å²) in [6.45, 7) is 3.69. The van der Waals surface area contributed by atoms with E-state index in [4.69, 9.17) is 4.74 Å². The number of carbonyl (C=O) groups is 1. The molecule has 1 saturated heterocycles. The zero-order valence-electron chi connectivity index (χ0n) is 11.7. The Labute approximate surface area is 115 Å². The lowest BCUT2D eigenvalue weighted by atomic mass is 10.1. The summed E-state index contributed by atoms with van der Waals surface area (Å²) in [7, 11) is 0. The number of nitrogens with one attached hydrogen (secondary N) is 1. The van der Waals surface area contributed by atoms with Gasteiger partial charge in [0.25, 0.3) is 0 Å². The quantitative estimate of drug-likeness (QED) is 0.855. The van der Waals surface area contributed by atoms with Crippen molar-refractivity contribution in [2.24, 2.45) is 0 Å². The Bertz CT molecular complexity index is 394. The SMILES string of the molecule is Cc1ccc(CCC(=O)NCCC2CCCO2)cc1. The molecule has 1 unspecified atom stereocenters. The fourth-order valence-electron chi connectivity index (χ4n) is 2.35. The molecule has 0 bridgehead atoms. The van der Waals surface area contributed by atoms with Crippen LogP contribution in [0.4, 0.5) is 0 Å². The second-order valence-corrected chi connectivity index (χ2v) is 5.26. The van der Waals surface area contributed by atoms with Crippen LogP contribution in [-0.2, 0) is 16.0 Å². The molecule has 1 heterocycles. The van der Waals surface area contributed by atoms with Crippen LogP contribution in [0.5, 0.6) is 0 Å². The maximum atomic E-state index is 11.7. The summed E-state index contributed by atoms with van der Waals surface area (Å²) in [5.41, 5.74) is 2.48. The van der Waals surface area contributed by atoms with Gasteiger partial charge in [-0.25, -0.2) is 0 Å². The fraction of sp³-hybridized carbons (Fsp3) is 0.562.